The Morgan fingerprint density at radius 2 is 1.76 bits per heavy atom. The van der Waals surface area contributed by atoms with Crippen molar-refractivity contribution in [2.75, 3.05) is 0 Å². The molecule has 1 heterocycles. The van der Waals surface area contributed by atoms with Gasteiger partial charge < -0.3 is 0 Å². The SMILES string of the molecule is Cc1cc(C(C)(C)Cc2ccc(C(C)C)cc2C)ccn1. The molecule has 0 unspecified atom stereocenters. The van der Waals surface area contributed by atoms with Crippen LogP contribution in [-0.4, -0.2) is 4.98 Å². The lowest BCUT2D eigenvalue weighted by molar-refractivity contribution is 0.519. The van der Waals surface area contributed by atoms with Crippen LogP contribution in [0.15, 0.2) is 36.5 Å². The minimum Gasteiger partial charge on any atom is -0.262 e. The zero-order chi connectivity index (χ0) is 15.6. The molecule has 0 aliphatic heterocycles. The molecule has 1 aromatic heterocycles. The van der Waals surface area contributed by atoms with Gasteiger partial charge in [-0.1, -0.05) is 45.9 Å². The molecule has 1 nitrogen and oxygen atoms in total. The van der Waals surface area contributed by atoms with E-state index in [-0.39, 0.29) is 5.41 Å². The van der Waals surface area contributed by atoms with Crippen LogP contribution >= 0.6 is 0 Å². The molecule has 0 saturated heterocycles. The lowest BCUT2D eigenvalue weighted by Crippen LogP contribution is -2.21. The normalized spacial score (nSPS) is 12.0. The van der Waals surface area contributed by atoms with E-state index in [1.54, 1.807) is 0 Å². The fourth-order valence-corrected chi connectivity index (χ4v) is 2.82. The Labute approximate surface area is 129 Å². The van der Waals surface area contributed by atoms with Crippen molar-refractivity contribution in [3.05, 3.63) is 64.5 Å². The highest BCUT2D eigenvalue weighted by Crippen LogP contribution is 2.30. The van der Waals surface area contributed by atoms with Crippen molar-refractivity contribution in [2.24, 2.45) is 0 Å². The summed E-state index contributed by atoms with van der Waals surface area (Å²) in [6.07, 6.45) is 2.97. The molecule has 0 radical (unpaired) electrons. The molecular weight excluding hydrogens is 254 g/mol. The van der Waals surface area contributed by atoms with Gasteiger partial charge in [-0.3, -0.25) is 4.98 Å². The fraction of sp³-hybridized carbons (Fsp3) is 0.450. The van der Waals surface area contributed by atoms with Crippen LogP contribution in [0.4, 0.5) is 0 Å². The predicted octanol–water partition coefficient (Wildman–Crippen LogP) is 5.34. The number of hydrogen-bond acceptors (Lipinski definition) is 1. The minimum absolute atomic E-state index is 0.123. The van der Waals surface area contributed by atoms with Crippen LogP contribution in [0.5, 0.6) is 0 Å². The average molecular weight is 281 g/mol. The number of aromatic nitrogens is 1. The van der Waals surface area contributed by atoms with E-state index >= 15 is 0 Å². The largest absolute Gasteiger partial charge is 0.262 e. The van der Waals surface area contributed by atoms with E-state index in [1.807, 2.05) is 6.20 Å². The van der Waals surface area contributed by atoms with Gasteiger partial charge in [0.05, 0.1) is 0 Å². The van der Waals surface area contributed by atoms with Gasteiger partial charge >= 0.3 is 0 Å². The molecule has 0 aliphatic carbocycles. The second-order valence-corrected chi connectivity index (χ2v) is 7.09. The summed E-state index contributed by atoms with van der Waals surface area (Å²) in [5, 5.41) is 0. The Hall–Kier alpha value is -1.63. The van der Waals surface area contributed by atoms with Crippen molar-refractivity contribution in [3.63, 3.8) is 0 Å². The number of aryl methyl sites for hydroxylation is 2. The van der Waals surface area contributed by atoms with E-state index in [1.165, 1.54) is 22.3 Å². The van der Waals surface area contributed by atoms with Crippen molar-refractivity contribution in [1.82, 2.24) is 4.98 Å². The van der Waals surface area contributed by atoms with E-state index in [4.69, 9.17) is 0 Å². The van der Waals surface area contributed by atoms with Crippen LogP contribution in [0.2, 0.25) is 0 Å². The zero-order valence-corrected chi connectivity index (χ0v) is 14.2. The summed E-state index contributed by atoms with van der Waals surface area (Å²) in [5.74, 6) is 0.591. The molecule has 0 fully saturated rings. The number of nitrogens with zero attached hydrogens (tertiary/aromatic N) is 1. The predicted molar refractivity (Wildman–Crippen MR) is 91.0 cm³/mol. The molecule has 0 aliphatic rings. The van der Waals surface area contributed by atoms with Gasteiger partial charge in [-0.2, -0.15) is 0 Å². The van der Waals surface area contributed by atoms with Gasteiger partial charge in [0.15, 0.2) is 0 Å². The van der Waals surface area contributed by atoms with Gasteiger partial charge in [-0.15, -0.1) is 0 Å². The van der Waals surface area contributed by atoms with E-state index in [0.717, 1.165) is 12.1 Å². The first-order valence-corrected chi connectivity index (χ1v) is 7.82. The van der Waals surface area contributed by atoms with Crippen LogP contribution in [0.1, 0.15) is 61.6 Å². The monoisotopic (exact) mass is 281 g/mol. The van der Waals surface area contributed by atoms with Gasteiger partial charge in [0.25, 0.3) is 0 Å². The van der Waals surface area contributed by atoms with Gasteiger partial charge in [0.1, 0.15) is 0 Å². The summed E-state index contributed by atoms with van der Waals surface area (Å²) < 4.78 is 0. The highest BCUT2D eigenvalue weighted by Gasteiger charge is 2.22. The van der Waals surface area contributed by atoms with Crippen LogP contribution < -0.4 is 0 Å². The summed E-state index contributed by atoms with van der Waals surface area (Å²) in [5.41, 5.74) is 6.85. The summed E-state index contributed by atoms with van der Waals surface area (Å²) in [6, 6.07) is 11.3. The fourth-order valence-electron chi connectivity index (χ4n) is 2.82. The molecule has 21 heavy (non-hydrogen) atoms. The van der Waals surface area contributed by atoms with Crippen molar-refractivity contribution in [3.8, 4) is 0 Å². The van der Waals surface area contributed by atoms with Gasteiger partial charge in [0.2, 0.25) is 0 Å². The summed E-state index contributed by atoms with van der Waals surface area (Å²) in [6.45, 7) is 13.4. The van der Waals surface area contributed by atoms with Gasteiger partial charge in [-0.05, 0) is 66.0 Å². The smallest absolute Gasteiger partial charge is 0.0375 e. The third kappa shape index (κ3) is 3.72. The molecule has 0 N–H and O–H groups in total. The quantitative estimate of drug-likeness (QED) is 0.737. The summed E-state index contributed by atoms with van der Waals surface area (Å²) in [4.78, 5) is 4.31. The topological polar surface area (TPSA) is 12.9 Å². The van der Waals surface area contributed by atoms with Crippen LogP contribution in [0.3, 0.4) is 0 Å². The average Bonchev–Trinajstić information content (AvgIpc) is 2.40. The first-order chi connectivity index (χ1) is 9.79. The van der Waals surface area contributed by atoms with Crippen LogP contribution in [0.25, 0.3) is 0 Å². The highest BCUT2D eigenvalue weighted by molar-refractivity contribution is 5.36. The number of hydrogen-bond donors (Lipinski definition) is 0. The summed E-state index contributed by atoms with van der Waals surface area (Å²) >= 11 is 0. The molecule has 0 saturated carbocycles. The molecule has 112 valence electrons. The molecule has 1 aromatic carbocycles. The lowest BCUT2D eigenvalue weighted by Gasteiger charge is -2.27. The maximum Gasteiger partial charge on any atom is 0.0375 e. The molecule has 2 rings (SSSR count). The van der Waals surface area contributed by atoms with Gasteiger partial charge in [-0.25, -0.2) is 0 Å². The molecule has 0 bridgehead atoms. The Bertz CT molecular complexity index is 623. The standard InChI is InChI=1S/C20H27N/c1-14(2)17-7-8-18(15(3)11-17)13-20(5,6)19-9-10-21-16(4)12-19/h7-12,14H,13H2,1-6H3. The van der Waals surface area contributed by atoms with Crippen molar-refractivity contribution < 1.29 is 0 Å². The maximum atomic E-state index is 4.31. The number of rotatable bonds is 4. The Morgan fingerprint density at radius 3 is 2.33 bits per heavy atom. The van der Waals surface area contributed by atoms with E-state index < -0.39 is 0 Å². The Morgan fingerprint density at radius 1 is 1.05 bits per heavy atom. The molecule has 0 spiro atoms. The molecular formula is C20H27N. The number of pyridine rings is 1. The highest BCUT2D eigenvalue weighted by atomic mass is 14.6. The van der Waals surface area contributed by atoms with Crippen molar-refractivity contribution in [2.45, 2.75) is 59.3 Å². The third-order valence-electron chi connectivity index (χ3n) is 4.34. The van der Waals surface area contributed by atoms with E-state index in [0.29, 0.717) is 5.92 Å². The lowest BCUT2D eigenvalue weighted by atomic mass is 9.78. The molecule has 1 heteroatoms. The van der Waals surface area contributed by atoms with Crippen LogP contribution in [-0.2, 0) is 11.8 Å². The maximum absolute atomic E-state index is 4.31. The minimum atomic E-state index is 0.123. The molecule has 0 amide bonds. The van der Waals surface area contributed by atoms with Gasteiger partial charge in [0, 0.05) is 11.9 Å². The third-order valence-corrected chi connectivity index (χ3v) is 4.34. The van der Waals surface area contributed by atoms with Crippen molar-refractivity contribution in [1.29, 1.82) is 0 Å². The second-order valence-electron chi connectivity index (χ2n) is 7.09. The van der Waals surface area contributed by atoms with Crippen LogP contribution in [0, 0.1) is 13.8 Å². The Kier molecular flexibility index (Phi) is 4.51. The molecule has 0 atom stereocenters. The van der Waals surface area contributed by atoms with E-state index in [9.17, 15) is 0 Å². The van der Waals surface area contributed by atoms with Crippen molar-refractivity contribution >= 4 is 0 Å². The second kappa shape index (κ2) is 6.01. The Balaban J connectivity index is 2.28. The van der Waals surface area contributed by atoms with E-state index in [2.05, 4.69) is 76.9 Å². The number of benzene rings is 1. The summed E-state index contributed by atoms with van der Waals surface area (Å²) in [7, 11) is 0. The zero-order valence-electron chi connectivity index (χ0n) is 14.2. The molecule has 2 aromatic rings. The first kappa shape index (κ1) is 15.8. The first-order valence-electron chi connectivity index (χ1n) is 7.82.